The summed E-state index contributed by atoms with van der Waals surface area (Å²) in [7, 11) is -0.646. The number of sulfonamides is 1. The van der Waals surface area contributed by atoms with Crippen LogP contribution in [0.3, 0.4) is 0 Å². The second kappa shape index (κ2) is 7.37. The molecule has 0 aliphatic carbocycles. The summed E-state index contributed by atoms with van der Waals surface area (Å²) >= 11 is 0. The van der Waals surface area contributed by atoms with E-state index in [1.807, 2.05) is 39.0 Å². The number of aryl methyl sites for hydroxylation is 2. The van der Waals surface area contributed by atoms with Gasteiger partial charge in [0.1, 0.15) is 0 Å². The molecule has 0 aliphatic heterocycles. The summed E-state index contributed by atoms with van der Waals surface area (Å²) in [6.45, 7) is 5.98. The summed E-state index contributed by atoms with van der Waals surface area (Å²) < 4.78 is 25.6. The second-order valence-electron chi connectivity index (χ2n) is 6.35. The van der Waals surface area contributed by atoms with Gasteiger partial charge in [-0.1, -0.05) is 24.3 Å². The molecule has 0 radical (unpaired) electrons. The fourth-order valence-electron chi connectivity index (χ4n) is 2.41. The molecule has 0 fully saturated rings. The highest BCUT2D eigenvalue weighted by Gasteiger charge is 2.19. The standard InChI is InChI=1S/C19H24N2O3S/c1-13-9-10-16(11-14(13)2)15(3)20-19(22)17-7-6-8-18(12-17)25(23,24)21(4)5/h6-12,15H,1-5H3,(H,20,22)/t15-/m0/s1. The molecule has 0 bridgehead atoms. The first kappa shape index (κ1) is 19.1. The van der Waals surface area contributed by atoms with Crippen LogP contribution in [0.4, 0.5) is 0 Å². The fraction of sp³-hybridized carbons (Fsp3) is 0.316. The van der Waals surface area contributed by atoms with E-state index in [9.17, 15) is 13.2 Å². The number of carbonyl (C=O) groups is 1. The van der Waals surface area contributed by atoms with Gasteiger partial charge in [0.05, 0.1) is 10.9 Å². The Labute approximate surface area is 149 Å². The maximum atomic E-state index is 12.5. The largest absolute Gasteiger partial charge is 0.346 e. The molecule has 1 amide bonds. The number of amides is 1. The number of benzene rings is 2. The molecule has 2 aromatic carbocycles. The second-order valence-corrected chi connectivity index (χ2v) is 8.51. The summed E-state index contributed by atoms with van der Waals surface area (Å²) in [6.07, 6.45) is 0. The average molecular weight is 360 g/mol. The van der Waals surface area contributed by atoms with Gasteiger partial charge in [0.25, 0.3) is 5.91 Å². The maximum absolute atomic E-state index is 12.5. The lowest BCUT2D eigenvalue weighted by Crippen LogP contribution is -2.27. The predicted molar refractivity (Wildman–Crippen MR) is 99.1 cm³/mol. The molecule has 0 spiro atoms. The smallest absolute Gasteiger partial charge is 0.251 e. The van der Waals surface area contributed by atoms with E-state index in [4.69, 9.17) is 0 Å². The Hall–Kier alpha value is -2.18. The minimum atomic E-state index is -3.57. The Balaban J connectivity index is 2.22. The zero-order valence-corrected chi connectivity index (χ0v) is 16.0. The predicted octanol–water partition coefficient (Wildman–Crippen LogP) is 3.04. The van der Waals surface area contributed by atoms with Gasteiger partial charge in [-0.25, -0.2) is 12.7 Å². The molecule has 0 heterocycles. The van der Waals surface area contributed by atoms with E-state index in [-0.39, 0.29) is 16.8 Å². The zero-order valence-electron chi connectivity index (χ0n) is 15.2. The number of hydrogen-bond donors (Lipinski definition) is 1. The molecule has 0 aromatic heterocycles. The van der Waals surface area contributed by atoms with Gasteiger partial charge in [-0.15, -0.1) is 0 Å². The van der Waals surface area contributed by atoms with Crippen LogP contribution >= 0.6 is 0 Å². The van der Waals surface area contributed by atoms with Crippen LogP contribution in [0.15, 0.2) is 47.4 Å². The third-order valence-corrected chi connectivity index (χ3v) is 6.06. The number of hydrogen-bond acceptors (Lipinski definition) is 3. The van der Waals surface area contributed by atoms with Crippen molar-refractivity contribution in [1.82, 2.24) is 9.62 Å². The Morgan fingerprint density at radius 2 is 1.72 bits per heavy atom. The number of carbonyl (C=O) groups excluding carboxylic acids is 1. The summed E-state index contributed by atoms with van der Waals surface area (Å²) in [5.74, 6) is -0.304. The van der Waals surface area contributed by atoms with Gasteiger partial charge in [-0.05, 0) is 55.7 Å². The molecule has 134 valence electrons. The van der Waals surface area contributed by atoms with Crippen LogP contribution in [0.25, 0.3) is 0 Å². The van der Waals surface area contributed by atoms with Crippen molar-refractivity contribution in [1.29, 1.82) is 0 Å². The maximum Gasteiger partial charge on any atom is 0.251 e. The third-order valence-electron chi connectivity index (χ3n) is 4.25. The lowest BCUT2D eigenvalue weighted by molar-refractivity contribution is 0.0939. The van der Waals surface area contributed by atoms with E-state index in [1.54, 1.807) is 12.1 Å². The number of nitrogens with one attached hydrogen (secondary N) is 1. The van der Waals surface area contributed by atoms with Crippen molar-refractivity contribution < 1.29 is 13.2 Å². The van der Waals surface area contributed by atoms with Gasteiger partial charge in [0.2, 0.25) is 10.0 Å². The zero-order chi connectivity index (χ0) is 18.8. The van der Waals surface area contributed by atoms with Crippen LogP contribution in [0, 0.1) is 13.8 Å². The number of rotatable bonds is 5. The van der Waals surface area contributed by atoms with Crippen LogP contribution in [-0.4, -0.2) is 32.7 Å². The van der Waals surface area contributed by atoms with Crippen LogP contribution in [-0.2, 0) is 10.0 Å². The van der Waals surface area contributed by atoms with E-state index < -0.39 is 10.0 Å². The van der Waals surface area contributed by atoms with Crippen molar-refractivity contribution in [2.75, 3.05) is 14.1 Å². The van der Waals surface area contributed by atoms with Crippen molar-refractivity contribution in [3.8, 4) is 0 Å². The molecular weight excluding hydrogens is 336 g/mol. The molecular formula is C19H24N2O3S. The third kappa shape index (κ3) is 4.27. The average Bonchev–Trinajstić information content (AvgIpc) is 2.57. The molecule has 5 nitrogen and oxygen atoms in total. The van der Waals surface area contributed by atoms with E-state index in [1.165, 1.54) is 31.8 Å². The normalized spacial score (nSPS) is 12.9. The highest BCUT2D eigenvalue weighted by Crippen LogP contribution is 2.19. The minimum absolute atomic E-state index is 0.101. The first-order valence-corrected chi connectivity index (χ1v) is 9.47. The highest BCUT2D eigenvalue weighted by atomic mass is 32.2. The summed E-state index contributed by atoms with van der Waals surface area (Å²) in [5.41, 5.74) is 3.69. The molecule has 0 aliphatic rings. The molecule has 2 rings (SSSR count). The van der Waals surface area contributed by atoms with Gasteiger partial charge in [-0.3, -0.25) is 4.79 Å². The molecule has 0 saturated carbocycles. The monoisotopic (exact) mass is 360 g/mol. The van der Waals surface area contributed by atoms with E-state index in [2.05, 4.69) is 5.32 Å². The van der Waals surface area contributed by atoms with Crippen molar-refractivity contribution in [3.63, 3.8) is 0 Å². The van der Waals surface area contributed by atoms with Gasteiger partial charge >= 0.3 is 0 Å². The SMILES string of the molecule is Cc1ccc([C@H](C)NC(=O)c2cccc(S(=O)(=O)N(C)C)c2)cc1C. The Bertz CT molecular complexity index is 889. The molecule has 1 N–H and O–H groups in total. The topological polar surface area (TPSA) is 66.5 Å². The van der Waals surface area contributed by atoms with E-state index in [0.29, 0.717) is 5.56 Å². The van der Waals surface area contributed by atoms with Gasteiger partial charge in [0.15, 0.2) is 0 Å². The van der Waals surface area contributed by atoms with Crippen molar-refractivity contribution in [2.45, 2.75) is 31.7 Å². The Morgan fingerprint density at radius 3 is 2.32 bits per heavy atom. The summed E-state index contributed by atoms with van der Waals surface area (Å²) in [5, 5.41) is 2.92. The van der Waals surface area contributed by atoms with Gasteiger partial charge < -0.3 is 5.32 Å². The lowest BCUT2D eigenvalue weighted by atomic mass is 10.0. The summed E-state index contributed by atoms with van der Waals surface area (Å²) in [4.78, 5) is 12.6. The number of nitrogens with zero attached hydrogens (tertiary/aromatic N) is 1. The van der Waals surface area contributed by atoms with Crippen LogP contribution < -0.4 is 5.32 Å². The van der Waals surface area contributed by atoms with Crippen molar-refractivity contribution in [2.24, 2.45) is 0 Å². The molecule has 1 atom stereocenters. The van der Waals surface area contributed by atoms with Gasteiger partial charge in [0, 0.05) is 19.7 Å². The van der Waals surface area contributed by atoms with E-state index in [0.717, 1.165) is 15.4 Å². The molecule has 2 aromatic rings. The molecule has 25 heavy (non-hydrogen) atoms. The van der Waals surface area contributed by atoms with Crippen LogP contribution in [0.2, 0.25) is 0 Å². The molecule has 0 unspecified atom stereocenters. The Kier molecular flexibility index (Phi) is 5.65. The summed E-state index contributed by atoms with van der Waals surface area (Å²) in [6, 6.07) is 12.0. The fourth-order valence-corrected chi connectivity index (χ4v) is 3.35. The van der Waals surface area contributed by atoms with Crippen molar-refractivity contribution in [3.05, 3.63) is 64.7 Å². The quantitative estimate of drug-likeness (QED) is 0.891. The van der Waals surface area contributed by atoms with Gasteiger partial charge in [-0.2, -0.15) is 0 Å². The van der Waals surface area contributed by atoms with Crippen molar-refractivity contribution >= 4 is 15.9 Å². The van der Waals surface area contributed by atoms with E-state index >= 15 is 0 Å². The Morgan fingerprint density at radius 1 is 1.04 bits per heavy atom. The lowest BCUT2D eigenvalue weighted by Gasteiger charge is -2.16. The van der Waals surface area contributed by atoms with Crippen LogP contribution in [0.5, 0.6) is 0 Å². The highest BCUT2D eigenvalue weighted by molar-refractivity contribution is 7.89. The minimum Gasteiger partial charge on any atom is -0.346 e. The van der Waals surface area contributed by atoms with Crippen LogP contribution in [0.1, 0.15) is 40.0 Å². The first-order valence-electron chi connectivity index (χ1n) is 8.03. The first-order chi connectivity index (χ1) is 11.6. The molecule has 6 heteroatoms. The molecule has 0 saturated heterocycles.